The summed E-state index contributed by atoms with van der Waals surface area (Å²) >= 11 is 6.15. The molecule has 0 bridgehead atoms. The summed E-state index contributed by atoms with van der Waals surface area (Å²) in [6.07, 6.45) is 1.61. The fraction of sp³-hybridized carbons (Fsp3) is 0.143. The molecule has 2 aromatic rings. The van der Waals surface area contributed by atoms with Crippen LogP contribution >= 0.6 is 11.6 Å². The zero-order chi connectivity index (χ0) is 14.2. The first-order valence-electron chi connectivity index (χ1n) is 5.70. The molecule has 0 atom stereocenters. The Morgan fingerprint density at radius 1 is 1.26 bits per heavy atom. The second-order valence-electron chi connectivity index (χ2n) is 4.35. The van der Waals surface area contributed by atoms with E-state index in [1.54, 1.807) is 44.3 Å². The number of hydrogen-bond acceptors (Lipinski definition) is 2. The van der Waals surface area contributed by atoms with E-state index < -0.39 is 5.91 Å². The van der Waals surface area contributed by atoms with E-state index in [2.05, 4.69) is 0 Å². The first-order chi connectivity index (χ1) is 8.91. The van der Waals surface area contributed by atoms with Gasteiger partial charge in [0.1, 0.15) is 0 Å². The predicted octanol–water partition coefficient (Wildman–Crippen LogP) is 2.21. The molecular weight excluding hydrogens is 264 g/mol. The fourth-order valence-electron chi connectivity index (χ4n) is 1.90. The summed E-state index contributed by atoms with van der Waals surface area (Å²) < 4.78 is 1.41. The summed E-state index contributed by atoms with van der Waals surface area (Å²) in [7, 11) is 0. The summed E-state index contributed by atoms with van der Waals surface area (Å²) in [6, 6.07) is 6.64. The molecule has 5 heteroatoms. The highest BCUT2D eigenvalue weighted by Gasteiger charge is 2.12. The highest BCUT2D eigenvalue weighted by atomic mass is 35.5. The molecule has 0 fully saturated rings. The minimum atomic E-state index is -0.545. The SMILES string of the molecule is Cc1cc(Cl)c(-n2cccc(C)c2=O)cc1C(N)=O. The number of rotatable bonds is 2. The molecule has 0 radical (unpaired) electrons. The van der Waals surface area contributed by atoms with Gasteiger partial charge >= 0.3 is 0 Å². The number of nitrogens with two attached hydrogens (primary N) is 1. The van der Waals surface area contributed by atoms with Crippen molar-refractivity contribution in [3.8, 4) is 5.69 Å². The molecule has 0 aliphatic heterocycles. The summed E-state index contributed by atoms with van der Waals surface area (Å²) in [5.41, 5.74) is 7.22. The van der Waals surface area contributed by atoms with E-state index in [4.69, 9.17) is 17.3 Å². The molecule has 1 amide bonds. The van der Waals surface area contributed by atoms with Crippen molar-refractivity contribution in [2.45, 2.75) is 13.8 Å². The number of halogens is 1. The van der Waals surface area contributed by atoms with Crippen molar-refractivity contribution >= 4 is 17.5 Å². The van der Waals surface area contributed by atoms with Crippen LogP contribution in [0.2, 0.25) is 5.02 Å². The summed E-state index contributed by atoms with van der Waals surface area (Å²) in [5, 5.41) is 0.398. The van der Waals surface area contributed by atoms with Crippen LogP contribution in [0.1, 0.15) is 21.5 Å². The van der Waals surface area contributed by atoms with Gasteiger partial charge in [0, 0.05) is 17.3 Å². The molecule has 1 heterocycles. The Morgan fingerprint density at radius 2 is 1.95 bits per heavy atom. The third kappa shape index (κ3) is 2.39. The van der Waals surface area contributed by atoms with Crippen LogP contribution in [0.25, 0.3) is 5.69 Å². The highest BCUT2D eigenvalue weighted by Crippen LogP contribution is 2.23. The lowest BCUT2D eigenvalue weighted by molar-refractivity contribution is 0.0999. The maximum Gasteiger partial charge on any atom is 0.258 e. The fourth-order valence-corrected chi connectivity index (χ4v) is 2.21. The molecule has 0 spiro atoms. The molecule has 19 heavy (non-hydrogen) atoms. The maximum atomic E-state index is 12.1. The summed E-state index contributed by atoms with van der Waals surface area (Å²) in [6.45, 7) is 3.46. The minimum absolute atomic E-state index is 0.177. The molecule has 4 nitrogen and oxygen atoms in total. The normalized spacial score (nSPS) is 10.5. The van der Waals surface area contributed by atoms with E-state index >= 15 is 0 Å². The van der Waals surface area contributed by atoms with Gasteiger partial charge in [0.2, 0.25) is 5.91 Å². The van der Waals surface area contributed by atoms with E-state index in [0.717, 1.165) is 0 Å². The van der Waals surface area contributed by atoms with Gasteiger partial charge in [0.15, 0.2) is 0 Å². The molecule has 0 aliphatic carbocycles. The Labute approximate surface area is 115 Å². The molecule has 2 rings (SSSR count). The van der Waals surface area contributed by atoms with Crippen LogP contribution in [-0.4, -0.2) is 10.5 Å². The molecule has 1 aromatic heterocycles. The molecule has 1 aromatic carbocycles. The summed E-state index contributed by atoms with van der Waals surface area (Å²) in [4.78, 5) is 23.4. The predicted molar refractivity (Wildman–Crippen MR) is 75.0 cm³/mol. The van der Waals surface area contributed by atoms with Gasteiger partial charge in [-0.2, -0.15) is 0 Å². The molecule has 0 aliphatic rings. The average Bonchev–Trinajstić information content (AvgIpc) is 2.33. The third-order valence-corrected chi connectivity index (χ3v) is 3.26. The number of primary amides is 1. The van der Waals surface area contributed by atoms with Gasteiger partial charge in [-0.3, -0.25) is 14.2 Å². The number of hydrogen-bond donors (Lipinski definition) is 1. The van der Waals surface area contributed by atoms with Gasteiger partial charge in [-0.25, -0.2) is 0 Å². The van der Waals surface area contributed by atoms with Gasteiger partial charge < -0.3 is 5.73 Å². The van der Waals surface area contributed by atoms with Crippen LogP contribution in [0.5, 0.6) is 0 Å². The van der Waals surface area contributed by atoms with Crippen molar-refractivity contribution < 1.29 is 4.79 Å². The van der Waals surface area contributed by atoms with Crippen LogP contribution in [0.4, 0.5) is 0 Å². The van der Waals surface area contributed by atoms with E-state index in [1.807, 2.05) is 0 Å². The number of pyridine rings is 1. The Hall–Kier alpha value is -2.07. The van der Waals surface area contributed by atoms with Crippen molar-refractivity contribution in [2.24, 2.45) is 5.73 Å². The number of aryl methyl sites for hydroxylation is 2. The van der Waals surface area contributed by atoms with Crippen LogP contribution < -0.4 is 11.3 Å². The van der Waals surface area contributed by atoms with Gasteiger partial charge in [-0.1, -0.05) is 17.7 Å². The van der Waals surface area contributed by atoms with E-state index in [1.165, 1.54) is 4.57 Å². The van der Waals surface area contributed by atoms with Crippen molar-refractivity contribution in [2.75, 3.05) is 0 Å². The van der Waals surface area contributed by atoms with Crippen LogP contribution in [0.3, 0.4) is 0 Å². The van der Waals surface area contributed by atoms with Gasteiger partial charge in [-0.05, 0) is 37.6 Å². The molecule has 0 unspecified atom stereocenters. The Bertz CT molecular complexity index is 720. The number of carbonyl (C=O) groups is 1. The number of benzene rings is 1. The number of amides is 1. The van der Waals surface area contributed by atoms with Gasteiger partial charge in [0.05, 0.1) is 10.7 Å². The Kier molecular flexibility index (Phi) is 3.44. The first kappa shape index (κ1) is 13.4. The zero-order valence-corrected chi connectivity index (χ0v) is 11.4. The van der Waals surface area contributed by atoms with E-state index in [9.17, 15) is 9.59 Å². The van der Waals surface area contributed by atoms with E-state index in [0.29, 0.717) is 27.4 Å². The number of aromatic nitrogens is 1. The number of carbonyl (C=O) groups excluding carboxylic acids is 1. The van der Waals surface area contributed by atoms with Crippen molar-refractivity contribution in [3.05, 3.63) is 62.5 Å². The third-order valence-electron chi connectivity index (χ3n) is 2.96. The lowest BCUT2D eigenvalue weighted by Crippen LogP contribution is -2.21. The molecule has 2 N–H and O–H groups in total. The average molecular weight is 277 g/mol. The maximum absolute atomic E-state index is 12.1. The smallest absolute Gasteiger partial charge is 0.258 e. The standard InChI is InChI=1S/C14H13ClN2O2/c1-8-4-3-5-17(14(8)19)12-7-10(13(16)18)9(2)6-11(12)15/h3-7H,1-2H3,(H2,16,18). The monoisotopic (exact) mass is 276 g/mol. The van der Waals surface area contributed by atoms with E-state index in [-0.39, 0.29) is 5.56 Å². The molecular formula is C14H13ClN2O2. The van der Waals surface area contributed by atoms with Crippen LogP contribution in [0, 0.1) is 13.8 Å². The Balaban J connectivity index is 2.76. The second kappa shape index (κ2) is 4.90. The quantitative estimate of drug-likeness (QED) is 0.914. The van der Waals surface area contributed by atoms with Crippen molar-refractivity contribution in [1.82, 2.24) is 4.57 Å². The number of nitrogens with zero attached hydrogens (tertiary/aromatic N) is 1. The van der Waals surface area contributed by atoms with Crippen molar-refractivity contribution in [3.63, 3.8) is 0 Å². The van der Waals surface area contributed by atoms with Gasteiger partial charge in [0.25, 0.3) is 5.56 Å². The van der Waals surface area contributed by atoms with Gasteiger partial charge in [-0.15, -0.1) is 0 Å². The largest absolute Gasteiger partial charge is 0.366 e. The van der Waals surface area contributed by atoms with Crippen LogP contribution in [0.15, 0.2) is 35.3 Å². The lowest BCUT2D eigenvalue weighted by Gasteiger charge is -2.11. The second-order valence-corrected chi connectivity index (χ2v) is 4.76. The van der Waals surface area contributed by atoms with Crippen LogP contribution in [-0.2, 0) is 0 Å². The molecule has 0 saturated carbocycles. The molecule has 98 valence electrons. The zero-order valence-electron chi connectivity index (χ0n) is 10.6. The first-order valence-corrected chi connectivity index (χ1v) is 6.08. The lowest BCUT2D eigenvalue weighted by atomic mass is 10.1. The minimum Gasteiger partial charge on any atom is -0.366 e. The Morgan fingerprint density at radius 3 is 2.58 bits per heavy atom. The summed E-state index contributed by atoms with van der Waals surface area (Å²) in [5.74, 6) is -0.545. The topological polar surface area (TPSA) is 65.1 Å². The highest BCUT2D eigenvalue weighted by molar-refractivity contribution is 6.32. The molecule has 0 saturated heterocycles. The van der Waals surface area contributed by atoms with Crippen molar-refractivity contribution in [1.29, 1.82) is 0 Å².